The number of allylic oxidation sites excluding steroid dienone is 2. The zero-order valence-electron chi connectivity index (χ0n) is 20.7. The summed E-state index contributed by atoms with van der Waals surface area (Å²) >= 11 is 0. The molecule has 7 heteroatoms. The van der Waals surface area contributed by atoms with Crippen LogP contribution in [0.25, 0.3) is 6.08 Å². The first kappa shape index (κ1) is 27.6. The number of rotatable bonds is 13. The summed E-state index contributed by atoms with van der Waals surface area (Å²) in [6.45, 7) is 5.61. The number of aromatic hydroxyl groups is 1. The van der Waals surface area contributed by atoms with Gasteiger partial charge in [-0.2, -0.15) is 0 Å². The first-order chi connectivity index (χ1) is 16.7. The van der Waals surface area contributed by atoms with Gasteiger partial charge in [0.15, 0.2) is 5.78 Å². The van der Waals surface area contributed by atoms with E-state index in [1.54, 1.807) is 19.1 Å². The molecule has 2 rings (SSSR count). The maximum Gasteiger partial charge on any atom is 0.408 e. The Hall–Kier alpha value is -3.61. The maximum atomic E-state index is 12.9. The summed E-state index contributed by atoms with van der Waals surface area (Å²) in [5.74, 6) is -0.940. The van der Waals surface area contributed by atoms with Crippen LogP contribution in [0.3, 0.4) is 0 Å². The average Bonchev–Trinajstić information content (AvgIpc) is 2.81. The first-order valence-corrected chi connectivity index (χ1v) is 12.1. The average molecular weight is 482 g/mol. The molecule has 0 radical (unpaired) electrons. The highest BCUT2D eigenvalue weighted by Crippen LogP contribution is 2.26. The minimum Gasteiger partial charge on any atom is -0.507 e. The van der Waals surface area contributed by atoms with Gasteiger partial charge in [-0.3, -0.25) is 10.1 Å². The molecule has 7 nitrogen and oxygen atoms in total. The van der Waals surface area contributed by atoms with Crippen molar-refractivity contribution in [3.63, 3.8) is 0 Å². The Morgan fingerprint density at radius 1 is 1.17 bits per heavy atom. The zero-order valence-corrected chi connectivity index (χ0v) is 20.7. The smallest absolute Gasteiger partial charge is 0.408 e. The molecular formula is C28H35NO6. The third-order valence-corrected chi connectivity index (χ3v) is 5.76. The molecule has 0 aliphatic carbocycles. The van der Waals surface area contributed by atoms with Crippen LogP contribution in [-0.4, -0.2) is 22.1 Å². The van der Waals surface area contributed by atoms with Gasteiger partial charge >= 0.3 is 11.7 Å². The molecule has 1 aromatic heterocycles. The number of aryl methyl sites for hydroxylation is 1. The lowest BCUT2D eigenvalue weighted by Gasteiger charge is -2.11. The van der Waals surface area contributed by atoms with Crippen LogP contribution >= 0.6 is 0 Å². The molecule has 0 aliphatic rings. The molecule has 0 saturated carbocycles. The molecule has 188 valence electrons. The van der Waals surface area contributed by atoms with Crippen LogP contribution < -0.4 is 10.9 Å². The van der Waals surface area contributed by atoms with E-state index in [0.29, 0.717) is 18.4 Å². The van der Waals surface area contributed by atoms with Gasteiger partial charge in [0.2, 0.25) is 0 Å². The van der Waals surface area contributed by atoms with Crippen LogP contribution in [0.4, 0.5) is 4.79 Å². The first-order valence-electron chi connectivity index (χ1n) is 12.1. The maximum absolute atomic E-state index is 12.9. The lowest BCUT2D eigenvalue weighted by Crippen LogP contribution is -2.16. The number of hydrogen-bond acceptors (Lipinski definition) is 5. The van der Waals surface area contributed by atoms with E-state index in [4.69, 9.17) is 9.52 Å². The van der Waals surface area contributed by atoms with E-state index in [9.17, 15) is 19.5 Å². The van der Waals surface area contributed by atoms with Crippen LogP contribution in [0.2, 0.25) is 0 Å². The fourth-order valence-electron chi connectivity index (χ4n) is 3.76. The van der Waals surface area contributed by atoms with Gasteiger partial charge in [-0.05, 0) is 55.4 Å². The molecule has 1 amide bonds. The second-order valence-corrected chi connectivity index (χ2v) is 8.74. The summed E-state index contributed by atoms with van der Waals surface area (Å²) in [6.07, 6.45) is 10.3. The minimum atomic E-state index is -1.15. The van der Waals surface area contributed by atoms with E-state index in [1.165, 1.54) is 37.1 Å². The van der Waals surface area contributed by atoms with E-state index >= 15 is 0 Å². The molecule has 2 aromatic rings. The number of carbonyl (C=O) groups is 2. The van der Waals surface area contributed by atoms with Gasteiger partial charge in [-0.25, -0.2) is 9.59 Å². The van der Waals surface area contributed by atoms with Gasteiger partial charge in [0.25, 0.3) is 0 Å². The van der Waals surface area contributed by atoms with Crippen molar-refractivity contribution >= 4 is 18.0 Å². The van der Waals surface area contributed by atoms with Gasteiger partial charge in [0, 0.05) is 18.2 Å². The zero-order chi connectivity index (χ0) is 25.8. The molecule has 0 spiro atoms. The van der Waals surface area contributed by atoms with E-state index < -0.39 is 23.3 Å². The summed E-state index contributed by atoms with van der Waals surface area (Å²) in [4.78, 5) is 36.0. The number of carboxylic acid groups (broad SMARTS) is 1. The lowest BCUT2D eigenvalue weighted by atomic mass is 9.98. The largest absolute Gasteiger partial charge is 0.507 e. The van der Waals surface area contributed by atoms with Gasteiger partial charge in [0.1, 0.15) is 17.1 Å². The number of nitrogens with one attached hydrogen (secondary N) is 1. The van der Waals surface area contributed by atoms with Gasteiger partial charge in [-0.15, -0.1) is 0 Å². The molecule has 3 N–H and O–H groups in total. The molecule has 1 aromatic carbocycles. The second kappa shape index (κ2) is 13.9. The molecule has 0 fully saturated rings. The highest BCUT2D eigenvalue weighted by Gasteiger charge is 2.22. The number of benzene rings is 1. The van der Waals surface area contributed by atoms with Crippen LogP contribution in [-0.2, 0) is 6.42 Å². The fourth-order valence-corrected chi connectivity index (χ4v) is 3.76. The fraction of sp³-hybridized carbons (Fsp3) is 0.393. The normalized spacial score (nSPS) is 12.6. The molecule has 0 bridgehead atoms. The Labute approximate surface area is 206 Å². The summed E-state index contributed by atoms with van der Waals surface area (Å²) in [7, 11) is 0. The van der Waals surface area contributed by atoms with Crippen molar-refractivity contribution in [3.05, 3.63) is 81.1 Å². The van der Waals surface area contributed by atoms with Crippen LogP contribution in [0.15, 0.2) is 57.4 Å². The van der Waals surface area contributed by atoms with Crippen molar-refractivity contribution < 1.29 is 24.2 Å². The molecule has 1 unspecified atom stereocenters. The Morgan fingerprint density at radius 3 is 2.63 bits per heavy atom. The van der Waals surface area contributed by atoms with Crippen molar-refractivity contribution in [2.75, 3.05) is 0 Å². The highest BCUT2D eigenvalue weighted by molar-refractivity contribution is 6.12. The minimum absolute atomic E-state index is 0.219. The monoisotopic (exact) mass is 481 g/mol. The number of hydrogen-bond donors (Lipinski definition) is 3. The highest BCUT2D eigenvalue weighted by atomic mass is 16.4. The Bertz CT molecular complexity index is 1130. The standard InChI is InChI=1S/C28H35NO6/c1-4-5-6-7-12-21-13-10-14-22(17-21)16-20(3)26(31)25-23(30)18-24(35-27(25)32)19(2)11-8-9-15-29-28(33)34/h9-10,13-19,29-30H,4-8,11-12H2,1-3H3,(H,33,34)/b15-9?,20-16+. The Morgan fingerprint density at radius 2 is 1.94 bits per heavy atom. The predicted molar refractivity (Wildman–Crippen MR) is 137 cm³/mol. The molecule has 1 atom stereocenters. The molecule has 0 aliphatic heterocycles. The Balaban J connectivity index is 2.11. The molecule has 1 heterocycles. The van der Waals surface area contributed by atoms with Crippen LogP contribution in [0, 0.1) is 0 Å². The predicted octanol–water partition coefficient (Wildman–Crippen LogP) is 6.42. The van der Waals surface area contributed by atoms with E-state index in [2.05, 4.69) is 18.3 Å². The quantitative estimate of drug-likeness (QED) is 0.173. The van der Waals surface area contributed by atoms with Crippen molar-refractivity contribution in [1.29, 1.82) is 0 Å². The summed E-state index contributed by atoms with van der Waals surface area (Å²) < 4.78 is 5.35. The summed E-state index contributed by atoms with van der Waals surface area (Å²) in [5, 5.41) is 21.1. The summed E-state index contributed by atoms with van der Waals surface area (Å²) in [6, 6.07) is 9.27. The molecule has 0 saturated heterocycles. The SMILES string of the molecule is CCCCCCc1cccc(/C=C(\C)C(=O)c2c(O)cc(C(C)CCC=CNC(=O)O)oc2=O)c1. The number of unbranched alkanes of at least 4 members (excludes halogenated alkanes) is 3. The van der Waals surface area contributed by atoms with Crippen molar-refractivity contribution in [1.82, 2.24) is 5.32 Å². The molecule has 35 heavy (non-hydrogen) atoms. The van der Waals surface area contributed by atoms with Crippen molar-refractivity contribution in [2.24, 2.45) is 0 Å². The van der Waals surface area contributed by atoms with Crippen molar-refractivity contribution in [3.8, 4) is 5.75 Å². The van der Waals surface area contributed by atoms with E-state index in [1.807, 2.05) is 25.1 Å². The Kier molecular flexibility index (Phi) is 11.0. The van der Waals surface area contributed by atoms with Gasteiger partial charge in [-0.1, -0.05) is 63.5 Å². The van der Waals surface area contributed by atoms with Crippen LogP contribution in [0.1, 0.15) is 92.5 Å². The van der Waals surface area contributed by atoms with Crippen molar-refractivity contribution in [2.45, 2.75) is 71.6 Å². The van der Waals surface area contributed by atoms with Gasteiger partial charge in [0.05, 0.1) is 0 Å². The number of Topliss-reactive ketones (excluding diaryl/α,β-unsaturated/α-hetero) is 1. The van der Waals surface area contributed by atoms with E-state index in [-0.39, 0.29) is 17.2 Å². The third-order valence-electron chi connectivity index (χ3n) is 5.76. The third kappa shape index (κ3) is 8.92. The van der Waals surface area contributed by atoms with E-state index in [0.717, 1.165) is 18.4 Å². The summed E-state index contributed by atoms with van der Waals surface area (Å²) in [5.41, 5.74) is 1.13. The lowest BCUT2D eigenvalue weighted by molar-refractivity contribution is 0.102. The number of amides is 1. The number of ketones is 1. The van der Waals surface area contributed by atoms with Gasteiger partial charge < -0.3 is 14.6 Å². The van der Waals surface area contributed by atoms with Crippen LogP contribution in [0.5, 0.6) is 5.75 Å². The molecular weight excluding hydrogens is 446 g/mol. The second-order valence-electron chi connectivity index (χ2n) is 8.74. The number of carbonyl (C=O) groups excluding carboxylic acids is 1. The topological polar surface area (TPSA) is 117 Å².